The Hall–Kier alpha value is -2.70. The van der Waals surface area contributed by atoms with E-state index in [1.54, 1.807) is 20.8 Å². The van der Waals surface area contributed by atoms with Crippen LogP contribution in [-0.2, 0) is 29.0 Å². The van der Waals surface area contributed by atoms with Crippen molar-refractivity contribution in [2.75, 3.05) is 25.4 Å². The number of amides is 5. The summed E-state index contributed by atoms with van der Waals surface area (Å²) in [6.45, 7) is 4.43. The molecule has 1 atom stereocenters. The lowest BCUT2D eigenvalue weighted by molar-refractivity contribution is -0.140. The second kappa shape index (κ2) is 12.0. The number of nitrogens with one attached hydrogen (secondary N) is 4. The van der Waals surface area contributed by atoms with Gasteiger partial charge in [-0.3, -0.25) is 19.2 Å². The van der Waals surface area contributed by atoms with Gasteiger partial charge in [0.05, 0.1) is 29.1 Å². The van der Waals surface area contributed by atoms with E-state index in [1.165, 1.54) is 4.90 Å². The zero-order chi connectivity index (χ0) is 28.1. The topological polar surface area (TPSA) is 171 Å². The van der Waals surface area contributed by atoms with Gasteiger partial charge in [-0.1, -0.05) is 19.3 Å². The van der Waals surface area contributed by atoms with Crippen LogP contribution in [0.2, 0.25) is 0 Å². The van der Waals surface area contributed by atoms with Crippen molar-refractivity contribution in [3.63, 3.8) is 0 Å². The summed E-state index contributed by atoms with van der Waals surface area (Å²) in [5.41, 5.74) is -0.897. The summed E-state index contributed by atoms with van der Waals surface area (Å²) in [5, 5.41) is 10.4. The molecule has 38 heavy (non-hydrogen) atoms. The molecule has 0 aromatic rings. The fourth-order valence-electron chi connectivity index (χ4n) is 4.85. The minimum absolute atomic E-state index is 0.0330. The molecular formula is C25H41N5O7S. The van der Waals surface area contributed by atoms with Crippen LogP contribution in [0.1, 0.15) is 78.6 Å². The van der Waals surface area contributed by atoms with Crippen molar-refractivity contribution in [3.8, 4) is 0 Å². The molecule has 1 aliphatic heterocycles. The highest BCUT2D eigenvalue weighted by Gasteiger charge is 2.42. The lowest BCUT2D eigenvalue weighted by atomic mass is 9.83. The lowest BCUT2D eigenvalue weighted by Gasteiger charge is -2.39. The molecule has 0 spiro atoms. The third-order valence-electron chi connectivity index (χ3n) is 7.45. The number of ketones is 1. The quantitative estimate of drug-likeness (QED) is 0.278. The number of rotatable bonds is 10. The molecule has 1 heterocycles. The Balaban J connectivity index is 1.51. The third-order valence-corrected chi connectivity index (χ3v) is 10.3. The minimum Gasteiger partial charge on any atom is -0.347 e. The number of carbonyl (C=O) groups excluding carboxylic acids is 5. The number of nitrogens with zero attached hydrogens (tertiary/aromatic N) is 1. The summed E-state index contributed by atoms with van der Waals surface area (Å²) < 4.78 is 24.9. The molecule has 2 aliphatic carbocycles. The first kappa shape index (κ1) is 29.9. The normalized spacial score (nSPS) is 21.3. The fraction of sp³-hybridized carbons (Fsp3) is 0.800. The standard InChI is InChI=1S/C25H41N5O7S/c1-24(2,3)38(36,37)16-25(11-5-4-6-12-25)29-23(35)27-15-20(32)30-13-7-8-18(30)21(33)26-14-19(31)22(34)28-17-9-10-17/h17-18H,4-16H2,1-3H3,(H,26,33)(H,28,34)(H2,27,29,35)/t18-/m0/s1. The van der Waals surface area contributed by atoms with Crippen LogP contribution in [0.4, 0.5) is 4.79 Å². The molecule has 0 aromatic carbocycles. The van der Waals surface area contributed by atoms with Gasteiger partial charge in [0.25, 0.3) is 5.91 Å². The Morgan fingerprint density at radius 1 is 0.895 bits per heavy atom. The van der Waals surface area contributed by atoms with Crippen molar-refractivity contribution in [1.29, 1.82) is 0 Å². The zero-order valence-electron chi connectivity index (χ0n) is 22.6. The third kappa shape index (κ3) is 7.90. The van der Waals surface area contributed by atoms with Gasteiger partial charge in [0.2, 0.25) is 17.6 Å². The van der Waals surface area contributed by atoms with E-state index >= 15 is 0 Å². The van der Waals surface area contributed by atoms with Crippen LogP contribution in [0.25, 0.3) is 0 Å². The van der Waals surface area contributed by atoms with Gasteiger partial charge in [-0.05, 0) is 59.3 Å². The maximum atomic E-state index is 12.9. The first-order chi connectivity index (χ1) is 17.7. The predicted molar refractivity (Wildman–Crippen MR) is 140 cm³/mol. The zero-order valence-corrected chi connectivity index (χ0v) is 23.4. The van der Waals surface area contributed by atoms with E-state index in [0.29, 0.717) is 32.2 Å². The van der Waals surface area contributed by atoms with Crippen molar-refractivity contribution in [1.82, 2.24) is 26.2 Å². The van der Waals surface area contributed by atoms with Crippen molar-refractivity contribution in [3.05, 3.63) is 0 Å². The molecule has 1 saturated heterocycles. The Labute approximate surface area is 224 Å². The molecule has 0 radical (unpaired) electrons. The Morgan fingerprint density at radius 2 is 1.55 bits per heavy atom. The van der Waals surface area contributed by atoms with Gasteiger partial charge in [0.15, 0.2) is 9.84 Å². The van der Waals surface area contributed by atoms with Crippen LogP contribution in [0.15, 0.2) is 0 Å². The molecule has 3 aliphatic rings. The lowest BCUT2D eigenvalue weighted by Crippen LogP contribution is -2.59. The summed E-state index contributed by atoms with van der Waals surface area (Å²) in [4.78, 5) is 63.3. The Bertz CT molecular complexity index is 1040. The second-order valence-electron chi connectivity index (χ2n) is 11.7. The summed E-state index contributed by atoms with van der Waals surface area (Å²) in [5.74, 6) is -2.63. The van der Waals surface area contributed by atoms with Crippen molar-refractivity contribution >= 4 is 39.4 Å². The SMILES string of the molecule is CC(C)(C)S(=O)(=O)CC1(NC(=O)NCC(=O)N2CCC[C@H]2C(=O)NCC(=O)C(=O)NC2CC2)CCCCC1. The van der Waals surface area contributed by atoms with Crippen LogP contribution >= 0.6 is 0 Å². The van der Waals surface area contributed by atoms with E-state index in [-0.39, 0.29) is 18.3 Å². The first-order valence-electron chi connectivity index (χ1n) is 13.4. The van der Waals surface area contributed by atoms with E-state index < -0.39 is 62.2 Å². The Kier molecular flexibility index (Phi) is 9.43. The summed E-state index contributed by atoms with van der Waals surface area (Å²) in [6.07, 6.45) is 6.31. The predicted octanol–water partition coefficient (Wildman–Crippen LogP) is 0.157. The van der Waals surface area contributed by atoms with Crippen LogP contribution in [-0.4, -0.2) is 90.6 Å². The maximum absolute atomic E-state index is 12.9. The van der Waals surface area contributed by atoms with Crippen LogP contribution in [0, 0.1) is 0 Å². The van der Waals surface area contributed by atoms with Gasteiger partial charge in [-0.2, -0.15) is 0 Å². The fourth-order valence-corrected chi connectivity index (χ4v) is 6.37. The van der Waals surface area contributed by atoms with E-state index in [1.807, 2.05) is 0 Å². The minimum atomic E-state index is -3.49. The number of urea groups is 1. The molecule has 0 bridgehead atoms. The molecule has 2 saturated carbocycles. The van der Waals surface area contributed by atoms with Gasteiger partial charge in [0, 0.05) is 12.6 Å². The van der Waals surface area contributed by atoms with Gasteiger partial charge in [0.1, 0.15) is 6.04 Å². The number of carbonyl (C=O) groups is 5. The number of likely N-dealkylation sites (tertiary alicyclic amines) is 1. The van der Waals surface area contributed by atoms with Gasteiger partial charge in [-0.25, -0.2) is 13.2 Å². The molecule has 12 nitrogen and oxygen atoms in total. The average molecular weight is 556 g/mol. The first-order valence-corrected chi connectivity index (χ1v) is 15.1. The molecule has 0 aromatic heterocycles. The maximum Gasteiger partial charge on any atom is 0.315 e. The summed E-state index contributed by atoms with van der Waals surface area (Å²) in [6, 6.07) is -1.39. The smallest absolute Gasteiger partial charge is 0.315 e. The number of Topliss-reactive ketones (excluding diaryl/α,β-unsaturated/α-hetero) is 1. The second-order valence-corrected chi connectivity index (χ2v) is 14.4. The van der Waals surface area contributed by atoms with Gasteiger partial charge in [-0.15, -0.1) is 0 Å². The number of sulfone groups is 1. The van der Waals surface area contributed by atoms with Crippen LogP contribution in [0.5, 0.6) is 0 Å². The highest BCUT2D eigenvalue weighted by atomic mass is 32.2. The molecule has 13 heteroatoms. The largest absolute Gasteiger partial charge is 0.347 e. The summed E-state index contributed by atoms with van der Waals surface area (Å²) in [7, 11) is -3.49. The number of hydrogen-bond donors (Lipinski definition) is 4. The average Bonchev–Trinajstić information content (AvgIpc) is 3.51. The number of hydrogen-bond acceptors (Lipinski definition) is 7. The molecule has 3 rings (SSSR count). The molecule has 5 amide bonds. The molecular weight excluding hydrogens is 514 g/mol. The van der Waals surface area contributed by atoms with Gasteiger partial charge >= 0.3 is 6.03 Å². The highest BCUT2D eigenvalue weighted by molar-refractivity contribution is 7.92. The van der Waals surface area contributed by atoms with Crippen molar-refractivity contribution in [2.24, 2.45) is 0 Å². The van der Waals surface area contributed by atoms with Gasteiger partial charge < -0.3 is 26.2 Å². The highest BCUT2D eigenvalue weighted by Crippen LogP contribution is 2.32. The van der Waals surface area contributed by atoms with E-state index in [2.05, 4.69) is 21.3 Å². The van der Waals surface area contributed by atoms with E-state index in [4.69, 9.17) is 0 Å². The van der Waals surface area contributed by atoms with Crippen molar-refractivity contribution < 1.29 is 32.4 Å². The monoisotopic (exact) mass is 555 g/mol. The molecule has 3 fully saturated rings. The molecule has 0 unspecified atom stereocenters. The van der Waals surface area contributed by atoms with Crippen molar-refractivity contribution in [2.45, 2.75) is 101 Å². The summed E-state index contributed by atoms with van der Waals surface area (Å²) >= 11 is 0. The van der Waals surface area contributed by atoms with Crippen LogP contribution in [0.3, 0.4) is 0 Å². The molecule has 214 valence electrons. The van der Waals surface area contributed by atoms with Crippen LogP contribution < -0.4 is 21.3 Å². The van der Waals surface area contributed by atoms with E-state index in [0.717, 1.165) is 32.1 Å². The Morgan fingerprint density at radius 3 is 2.16 bits per heavy atom. The molecule has 4 N–H and O–H groups in total. The van der Waals surface area contributed by atoms with E-state index in [9.17, 15) is 32.4 Å².